The van der Waals surface area contributed by atoms with E-state index >= 15 is 0 Å². The van der Waals surface area contributed by atoms with E-state index in [1.165, 1.54) is 0 Å². The Bertz CT molecular complexity index is 252. The molecule has 0 amide bonds. The molecule has 0 aromatic carbocycles. The van der Waals surface area contributed by atoms with E-state index in [2.05, 4.69) is 28.0 Å². The lowest BCUT2D eigenvalue weighted by atomic mass is 10.3. The van der Waals surface area contributed by atoms with Gasteiger partial charge in [0.15, 0.2) is 0 Å². The predicted molar refractivity (Wildman–Crippen MR) is 52.8 cm³/mol. The summed E-state index contributed by atoms with van der Waals surface area (Å²) in [6.07, 6.45) is 2.86. The number of rotatable bonds is 1. The molecule has 0 spiro atoms. The molecule has 1 aromatic rings. The standard InChI is InChI=1S/C10H14N3/c1-12-6-8-13(9-7-12)10-4-2-3-5-11-10/h2-4H,6-9H2,1H3. The zero-order chi connectivity index (χ0) is 9.10. The molecule has 2 heterocycles. The van der Waals surface area contributed by atoms with Crippen molar-refractivity contribution in [2.75, 3.05) is 38.1 Å². The van der Waals surface area contributed by atoms with Crippen LogP contribution in [0, 0.1) is 6.20 Å². The van der Waals surface area contributed by atoms with E-state index in [9.17, 15) is 0 Å². The van der Waals surface area contributed by atoms with Crippen molar-refractivity contribution in [1.82, 2.24) is 9.88 Å². The lowest BCUT2D eigenvalue weighted by Crippen LogP contribution is -2.44. The smallest absolute Gasteiger partial charge is 0.129 e. The first-order valence-corrected chi connectivity index (χ1v) is 4.63. The Morgan fingerprint density at radius 2 is 2.08 bits per heavy atom. The molecule has 1 radical (unpaired) electrons. The molecular formula is C10H14N3. The van der Waals surface area contributed by atoms with E-state index in [-0.39, 0.29) is 0 Å². The fourth-order valence-electron chi connectivity index (χ4n) is 1.53. The molecule has 0 bridgehead atoms. The SMILES string of the molecule is CN1CCN(c2ccc[c]n2)CC1. The van der Waals surface area contributed by atoms with Crippen LogP contribution in [-0.4, -0.2) is 43.1 Å². The van der Waals surface area contributed by atoms with Crippen LogP contribution in [0.1, 0.15) is 0 Å². The van der Waals surface area contributed by atoms with Crippen molar-refractivity contribution in [3.63, 3.8) is 0 Å². The van der Waals surface area contributed by atoms with E-state index in [4.69, 9.17) is 0 Å². The highest BCUT2D eigenvalue weighted by Crippen LogP contribution is 2.10. The summed E-state index contributed by atoms with van der Waals surface area (Å²) in [6.45, 7) is 4.38. The highest BCUT2D eigenvalue weighted by atomic mass is 15.3. The van der Waals surface area contributed by atoms with Gasteiger partial charge in [-0.3, -0.25) is 0 Å². The van der Waals surface area contributed by atoms with Crippen LogP contribution < -0.4 is 4.90 Å². The summed E-state index contributed by atoms with van der Waals surface area (Å²) in [4.78, 5) is 8.85. The molecule has 1 aliphatic rings. The van der Waals surface area contributed by atoms with Crippen LogP contribution in [-0.2, 0) is 0 Å². The van der Waals surface area contributed by atoms with Gasteiger partial charge >= 0.3 is 0 Å². The zero-order valence-electron chi connectivity index (χ0n) is 7.90. The summed E-state index contributed by atoms with van der Waals surface area (Å²) in [5.41, 5.74) is 0. The third-order valence-corrected chi connectivity index (χ3v) is 2.42. The summed E-state index contributed by atoms with van der Waals surface area (Å²) in [5, 5.41) is 0. The molecule has 3 nitrogen and oxygen atoms in total. The topological polar surface area (TPSA) is 19.4 Å². The van der Waals surface area contributed by atoms with Gasteiger partial charge in [0.2, 0.25) is 0 Å². The Morgan fingerprint density at radius 1 is 1.31 bits per heavy atom. The Kier molecular flexibility index (Phi) is 2.45. The first-order valence-electron chi connectivity index (χ1n) is 4.63. The van der Waals surface area contributed by atoms with Gasteiger partial charge in [0, 0.05) is 26.2 Å². The van der Waals surface area contributed by atoms with E-state index in [1.54, 1.807) is 0 Å². The summed E-state index contributed by atoms with van der Waals surface area (Å²) in [5.74, 6) is 1.05. The molecule has 3 heteroatoms. The van der Waals surface area contributed by atoms with E-state index in [0.717, 1.165) is 32.0 Å². The lowest BCUT2D eigenvalue weighted by molar-refractivity contribution is 0.312. The largest absolute Gasteiger partial charge is 0.354 e. The maximum Gasteiger partial charge on any atom is 0.129 e. The van der Waals surface area contributed by atoms with Crippen molar-refractivity contribution in [2.45, 2.75) is 0 Å². The number of nitrogens with zero attached hydrogens (tertiary/aromatic N) is 3. The molecule has 2 rings (SSSR count). The van der Waals surface area contributed by atoms with Crippen LogP contribution in [0.25, 0.3) is 0 Å². The van der Waals surface area contributed by atoms with Crippen LogP contribution in [0.5, 0.6) is 0 Å². The fourth-order valence-corrected chi connectivity index (χ4v) is 1.53. The van der Waals surface area contributed by atoms with Gasteiger partial charge in [-0.2, -0.15) is 0 Å². The summed E-state index contributed by atoms with van der Waals surface area (Å²) in [6, 6.07) is 5.86. The van der Waals surface area contributed by atoms with Gasteiger partial charge in [-0.25, -0.2) is 4.98 Å². The van der Waals surface area contributed by atoms with Crippen molar-refractivity contribution >= 4 is 5.82 Å². The number of anilines is 1. The molecule has 0 unspecified atom stereocenters. The fraction of sp³-hybridized carbons (Fsp3) is 0.500. The summed E-state index contributed by atoms with van der Waals surface area (Å²) >= 11 is 0. The van der Waals surface area contributed by atoms with Crippen molar-refractivity contribution in [2.24, 2.45) is 0 Å². The van der Waals surface area contributed by atoms with Crippen LogP contribution in [0.3, 0.4) is 0 Å². The average Bonchev–Trinajstić information content (AvgIpc) is 2.20. The average molecular weight is 176 g/mol. The monoisotopic (exact) mass is 176 g/mol. The van der Waals surface area contributed by atoms with E-state index in [1.807, 2.05) is 18.2 Å². The van der Waals surface area contributed by atoms with Crippen molar-refractivity contribution in [3.8, 4) is 0 Å². The maximum absolute atomic E-state index is 4.21. The van der Waals surface area contributed by atoms with E-state index in [0.29, 0.717) is 0 Å². The van der Waals surface area contributed by atoms with Crippen LogP contribution in [0.4, 0.5) is 5.82 Å². The van der Waals surface area contributed by atoms with Gasteiger partial charge in [0.05, 0.1) is 6.20 Å². The molecule has 0 aliphatic carbocycles. The quantitative estimate of drug-likeness (QED) is 0.625. The Morgan fingerprint density at radius 3 is 2.69 bits per heavy atom. The highest BCUT2D eigenvalue weighted by molar-refractivity contribution is 5.37. The first kappa shape index (κ1) is 8.51. The second-order valence-corrected chi connectivity index (χ2v) is 3.42. The third kappa shape index (κ3) is 1.98. The molecule has 0 N–H and O–H groups in total. The number of likely N-dealkylation sites (N-methyl/N-ethyl adjacent to an activating group) is 1. The maximum atomic E-state index is 4.21. The van der Waals surface area contributed by atoms with Gasteiger partial charge in [0.1, 0.15) is 5.82 Å². The molecule has 0 saturated carbocycles. The minimum absolute atomic E-state index is 1.05. The van der Waals surface area contributed by atoms with Crippen LogP contribution in [0.15, 0.2) is 18.2 Å². The van der Waals surface area contributed by atoms with Crippen molar-refractivity contribution in [1.29, 1.82) is 0 Å². The predicted octanol–water partition coefficient (Wildman–Crippen LogP) is 0.634. The van der Waals surface area contributed by atoms with Crippen molar-refractivity contribution < 1.29 is 0 Å². The van der Waals surface area contributed by atoms with Crippen LogP contribution >= 0.6 is 0 Å². The van der Waals surface area contributed by atoms with Gasteiger partial charge < -0.3 is 9.80 Å². The zero-order valence-corrected chi connectivity index (χ0v) is 7.90. The molecule has 1 aliphatic heterocycles. The minimum Gasteiger partial charge on any atom is -0.354 e. The molecule has 1 saturated heterocycles. The van der Waals surface area contributed by atoms with Gasteiger partial charge in [-0.15, -0.1) is 0 Å². The number of pyridine rings is 1. The molecule has 0 atom stereocenters. The van der Waals surface area contributed by atoms with E-state index < -0.39 is 0 Å². The van der Waals surface area contributed by atoms with Gasteiger partial charge in [0.25, 0.3) is 0 Å². The molecule has 1 aromatic heterocycles. The Balaban J connectivity index is 2.03. The summed E-state index contributed by atoms with van der Waals surface area (Å²) < 4.78 is 0. The number of hydrogen-bond acceptors (Lipinski definition) is 3. The molecule has 69 valence electrons. The number of hydrogen-bond donors (Lipinski definition) is 0. The normalized spacial score (nSPS) is 19.0. The summed E-state index contributed by atoms with van der Waals surface area (Å²) in [7, 11) is 2.15. The van der Waals surface area contributed by atoms with Crippen LogP contribution in [0.2, 0.25) is 0 Å². The van der Waals surface area contributed by atoms with Gasteiger partial charge in [-0.1, -0.05) is 6.07 Å². The number of aromatic nitrogens is 1. The Labute approximate surface area is 79.0 Å². The third-order valence-electron chi connectivity index (χ3n) is 2.42. The minimum atomic E-state index is 1.05. The second kappa shape index (κ2) is 3.75. The Hall–Kier alpha value is -1.09. The second-order valence-electron chi connectivity index (χ2n) is 3.42. The number of piperazine rings is 1. The lowest BCUT2D eigenvalue weighted by Gasteiger charge is -2.33. The molecule has 1 fully saturated rings. The first-order chi connectivity index (χ1) is 6.36. The van der Waals surface area contributed by atoms with Gasteiger partial charge in [-0.05, 0) is 19.2 Å². The van der Waals surface area contributed by atoms with Crippen molar-refractivity contribution in [3.05, 3.63) is 24.4 Å². The molecule has 13 heavy (non-hydrogen) atoms. The molecular weight excluding hydrogens is 162 g/mol. The highest BCUT2D eigenvalue weighted by Gasteiger charge is 2.14.